The first-order chi connectivity index (χ1) is 1.73. The Morgan fingerprint density at radius 3 is 1.22 bits per heavy atom. The van der Waals surface area contributed by atoms with Crippen LogP contribution in [0.1, 0.15) is 0 Å². The van der Waals surface area contributed by atoms with Crippen LogP contribution in [-0.2, 0) is 4.79 Å². The molecule has 0 aromatic rings. The average molecular weight is 174 g/mol. The molecule has 0 heterocycles. The summed E-state index contributed by atoms with van der Waals surface area (Å²) in [5, 5.41) is 8.78. The molecule has 0 aliphatic carbocycles. The molecule has 0 saturated heterocycles. The van der Waals surface area contributed by atoms with Gasteiger partial charge in [0.15, 0.2) is 0 Å². The molecule has 0 amide bonds. The van der Waals surface area contributed by atoms with Crippen molar-refractivity contribution in [1.82, 2.24) is 0 Å². The topological polar surface area (TPSA) is 135 Å². The first-order valence-corrected chi connectivity index (χ1v) is 0.762. The molecular weight excluding hydrogens is 166 g/mol. The zero-order chi connectivity index (χ0) is 3.58. The summed E-state index contributed by atoms with van der Waals surface area (Å²) in [5.41, 5.74) is 0. The number of carbonyl (C=O) groups excluding carboxylic acids is 1. The van der Waals surface area contributed by atoms with Gasteiger partial charge in [0.2, 0.25) is 0 Å². The van der Waals surface area contributed by atoms with E-state index in [4.69, 9.17) is 9.90 Å². The molecule has 0 aliphatic rings. The summed E-state index contributed by atoms with van der Waals surface area (Å²) in [6.45, 7) is 2.44. The van der Waals surface area contributed by atoms with Gasteiger partial charge in [-0.25, -0.2) is 0 Å². The Hall–Kier alpha value is 1.86. The average Bonchev–Trinajstić information content (AvgIpc) is 0.811. The molecule has 0 aromatic heterocycles. The van der Waals surface area contributed by atoms with Gasteiger partial charge in [0.1, 0.15) is 0 Å². The van der Waals surface area contributed by atoms with E-state index >= 15 is 0 Å². The Morgan fingerprint density at radius 1 is 1.22 bits per heavy atom. The smallest absolute Gasteiger partial charge is 0.584 e. The number of hydrogen-bond donors (Lipinski definition) is 0. The molecule has 0 aromatic carbocycles. The van der Waals surface area contributed by atoms with Gasteiger partial charge in [0.25, 0.3) is 0 Å². The van der Waals surface area contributed by atoms with E-state index in [1.165, 1.54) is 0 Å². The first-order valence-electron chi connectivity index (χ1n) is 0.762. The third-order valence-corrected chi connectivity index (χ3v) is 0. The summed E-state index contributed by atoms with van der Waals surface area (Å²) in [6, 6.07) is 0. The van der Waals surface area contributed by atoms with Crippen LogP contribution < -0.4 is 86.0 Å². The van der Waals surface area contributed by atoms with E-state index in [0.29, 0.717) is 0 Å². The minimum atomic E-state index is -1.33. The number of aliphatic carboxylic acids is 1. The van der Waals surface area contributed by atoms with Gasteiger partial charge in [-0.15, -0.1) is 5.97 Å². The van der Waals surface area contributed by atoms with E-state index in [2.05, 4.69) is 6.92 Å². The number of rotatable bonds is 0. The zero-order valence-corrected chi connectivity index (χ0v) is 10.6. The number of carboxylic acids is 1. The van der Waals surface area contributed by atoms with Crippen molar-refractivity contribution in [2.24, 2.45) is 0 Å². The van der Waals surface area contributed by atoms with Crippen LogP contribution in [-0.4, -0.2) is 22.4 Å². The fraction of sp³-hybridized carbons (Fsp3) is 0. The molecule has 0 unspecified atom stereocenters. The van der Waals surface area contributed by atoms with Gasteiger partial charge in [-0.05, 0) is 0 Å². The largest absolute Gasteiger partial charge is 1.00 e. The van der Waals surface area contributed by atoms with Crippen LogP contribution in [0.5, 0.6) is 0 Å². The maximum atomic E-state index is 8.78. The van der Waals surface area contributed by atoms with Gasteiger partial charge in [-0.2, -0.15) is 0 Å². The number of carbonyl (C=O) groups is 1. The van der Waals surface area contributed by atoms with Gasteiger partial charge < -0.3 is 33.3 Å². The molecule has 0 rings (SSSR count). The van der Waals surface area contributed by atoms with Crippen LogP contribution in [0.3, 0.4) is 0 Å². The molecule has 5 nitrogen and oxygen atoms in total. The summed E-state index contributed by atoms with van der Waals surface area (Å²) in [6.07, 6.45) is 0. The van der Waals surface area contributed by atoms with Crippen LogP contribution >= 0.6 is 0 Å². The van der Waals surface area contributed by atoms with E-state index in [1.54, 1.807) is 0 Å². The summed E-state index contributed by atoms with van der Waals surface area (Å²) < 4.78 is 0. The summed E-state index contributed by atoms with van der Waals surface area (Å²) in [5.74, 6) is -1.33. The van der Waals surface area contributed by atoms with Crippen molar-refractivity contribution in [2.75, 3.05) is 0 Å². The Balaban J connectivity index is -0.00000000450. The molecule has 0 fully saturated rings. The fourth-order valence-corrected chi connectivity index (χ4v) is 0. The van der Waals surface area contributed by atoms with Gasteiger partial charge in [-0.3, -0.25) is 0 Å². The zero-order valence-electron chi connectivity index (χ0n) is 5.52. The molecule has 0 aliphatic heterocycles. The molecule has 0 bridgehead atoms. The van der Waals surface area contributed by atoms with E-state index in [9.17, 15) is 0 Å². The Bertz CT molecular complexity index is 37.9. The standard InChI is InChI=1S/C2H3O2.K.Na.3H2O/c1-2(3)4;;;;;/h1H2,(H,3,4);;;3*1H2/q-1;2*+1;;;/p-1. The number of carboxylic acid groups (broad SMARTS) is 1. The van der Waals surface area contributed by atoms with Gasteiger partial charge >= 0.3 is 80.9 Å². The minimum absolute atomic E-state index is 0. The molecular formula is C2H8KNaO5. The van der Waals surface area contributed by atoms with E-state index in [0.717, 1.165) is 0 Å². The van der Waals surface area contributed by atoms with Crippen LogP contribution in [0, 0.1) is 6.92 Å². The molecule has 7 heteroatoms. The summed E-state index contributed by atoms with van der Waals surface area (Å²) >= 11 is 0. The Morgan fingerprint density at radius 2 is 1.22 bits per heavy atom. The maximum Gasteiger partial charge on any atom is 1.00 e. The second-order valence-electron chi connectivity index (χ2n) is 0.372. The van der Waals surface area contributed by atoms with Crippen LogP contribution in [0.25, 0.3) is 0 Å². The normalized spacial score (nSPS) is 2.67. The predicted octanol–water partition coefficient (Wildman–Crippen LogP) is -9.90. The Labute approximate surface area is 118 Å². The molecule has 0 radical (unpaired) electrons. The molecule has 48 valence electrons. The molecule has 0 spiro atoms. The minimum Gasteiger partial charge on any atom is -0.584 e. The molecule has 0 saturated carbocycles. The van der Waals surface area contributed by atoms with Crippen molar-refractivity contribution in [3.8, 4) is 0 Å². The summed E-state index contributed by atoms with van der Waals surface area (Å²) in [4.78, 5) is 8.78. The van der Waals surface area contributed by atoms with Crippen molar-refractivity contribution in [1.29, 1.82) is 0 Å². The quantitative estimate of drug-likeness (QED) is 0.266. The summed E-state index contributed by atoms with van der Waals surface area (Å²) in [7, 11) is 0. The second kappa shape index (κ2) is 32.8. The second-order valence-corrected chi connectivity index (χ2v) is 0.372. The SMILES string of the molecule is O.O.O.[CH2-]C(=O)[O-].[K+].[Na+]. The van der Waals surface area contributed by atoms with Crippen molar-refractivity contribution >= 4 is 5.97 Å². The van der Waals surface area contributed by atoms with Gasteiger partial charge in [0.05, 0.1) is 0 Å². The first kappa shape index (κ1) is 44.7. The molecule has 6 N–H and O–H groups in total. The van der Waals surface area contributed by atoms with Crippen LogP contribution in [0.4, 0.5) is 0 Å². The molecule has 0 atom stereocenters. The van der Waals surface area contributed by atoms with Crippen LogP contribution in [0.2, 0.25) is 0 Å². The van der Waals surface area contributed by atoms with Gasteiger partial charge in [0, 0.05) is 0 Å². The van der Waals surface area contributed by atoms with E-state index < -0.39 is 5.97 Å². The van der Waals surface area contributed by atoms with Crippen molar-refractivity contribution in [2.45, 2.75) is 0 Å². The van der Waals surface area contributed by atoms with Gasteiger partial charge in [-0.1, -0.05) is 0 Å². The number of hydrogen-bond acceptors (Lipinski definition) is 2. The van der Waals surface area contributed by atoms with E-state index in [-0.39, 0.29) is 97.4 Å². The third-order valence-electron chi connectivity index (χ3n) is 0. The fourth-order valence-electron chi connectivity index (χ4n) is 0. The maximum absolute atomic E-state index is 8.78. The van der Waals surface area contributed by atoms with Crippen molar-refractivity contribution < 1.29 is 107 Å². The van der Waals surface area contributed by atoms with E-state index in [1.807, 2.05) is 0 Å². The molecule has 9 heavy (non-hydrogen) atoms. The third kappa shape index (κ3) is 177. The predicted molar refractivity (Wildman–Crippen MR) is 21.2 cm³/mol. The van der Waals surface area contributed by atoms with Crippen molar-refractivity contribution in [3.63, 3.8) is 0 Å². The van der Waals surface area contributed by atoms with Crippen LogP contribution in [0.15, 0.2) is 0 Å². The Kier molecular flexibility index (Phi) is 163. The van der Waals surface area contributed by atoms with Crippen molar-refractivity contribution in [3.05, 3.63) is 6.92 Å². The monoisotopic (exact) mass is 174 g/mol.